The molecule has 4 aromatic rings. The van der Waals surface area contributed by atoms with E-state index in [4.69, 9.17) is 0 Å². The molecule has 1 N–H and O–H groups in total. The lowest BCUT2D eigenvalue weighted by atomic mass is 10.0. The van der Waals surface area contributed by atoms with Gasteiger partial charge in [-0.25, -0.2) is 9.50 Å². The lowest BCUT2D eigenvalue weighted by molar-refractivity contribution is -0.138. The average Bonchev–Trinajstić information content (AvgIpc) is 3.35. The molecule has 6 nitrogen and oxygen atoms in total. The fourth-order valence-electron chi connectivity index (χ4n) is 4.63. The van der Waals surface area contributed by atoms with Gasteiger partial charge in [0.25, 0.3) is 5.91 Å². The molecule has 0 fully saturated rings. The number of fused-ring (bicyclic) bond motifs is 1. The van der Waals surface area contributed by atoms with Crippen molar-refractivity contribution in [2.45, 2.75) is 52.8 Å². The third-order valence-corrected chi connectivity index (χ3v) is 6.79. The van der Waals surface area contributed by atoms with Crippen molar-refractivity contribution in [3.63, 3.8) is 0 Å². The second-order valence-corrected chi connectivity index (χ2v) is 10.4. The number of hydrogen-bond acceptors (Lipinski definition) is 4. The standard InChI is InChI=1S/C33H34F3N5O/c1-5-17-40(18-7-8-23(2)3)22-27-12-14-28(20-30(27)33(34,35)36)39-32(42)26-11-10-24(4)25(19-26)13-15-29-21-37-31-9-6-16-38-41(29)31/h6,9-12,14,16,19-21H,2,5,7-8,17-18,22H2,1,3-4H3,(H,39,42). The monoisotopic (exact) mass is 573 g/mol. The number of hydrogen-bond donors (Lipinski definition) is 1. The van der Waals surface area contributed by atoms with Crippen LogP contribution in [-0.4, -0.2) is 38.5 Å². The van der Waals surface area contributed by atoms with Crippen LogP contribution in [0, 0.1) is 18.8 Å². The molecular weight excluding hydrogens is 539 g/mol. The summed E-state index contributed by atoms with van der Waals surface area (Å²) in [5.74, 6) is 5.57. The van der Waals surface area contributed by atoms with E-state index in [1.165, 1.54) is 12.1 Å². The minimum absolute atomic E-state index is 0.0745. The fourth-order valence-corrected chi connectivity index (χ4v) is 4.63. The zero-order chi connectivity index (χ0) is 30.3. The maximum Gasteiger partial charge on any atom is 0.416 e. The van der Waals surface area contributed by atoms with E-state index < -0.39 is 17.6 Å². The van der Waals surface area contributed by atoms with Crippen molar-refractivity contribution >= 4 is 17.2 Å². The van der Waals surface area contributed by atoms with Gasteiger partial charge in [-0.05, 0) is 99.6 Å². The summed E-state index contributed by atoms with van der Waals surface area (Å²) in [7, 11) is 0. The van der Waals surface area contributed by atoms with Gasteiger partial charge in [-0.1, -0.05) is 30.6 Å². The number of aryl methyl sites for hydroxylation is 1. The Kier molecular flexibility index (Phi) is 9.81. The quantitative estimate of drug-likeness (QED) is 0.160. The number of anilines is 1. The number of benzene rings is 2. The molecule has 0 saturated heterocycles. The summed E-state index contributed by atoms with van der Waals surface area (Å²) >= 11 is 0. The zero-order valence-corrected chi connectivity index (χ0v) is 24.1. The van der Waals surface area contributed by atoms with Gasteiger partial charge in [-0.15, -0.1) is 6.58 Å². The number of carbonyl (C=O) groups is 1. The number of halogens is 3. The van der Waals surface area contributed by atoms with Crippen LogP contribution in [0.4, 0.5) is 18.9 Å². The molecule has 9 heteroatoms. The maximum absolute atomic E-state index is 14.1. The van der Waals surface area contributed by atoms with Gasteiger partial charge in [0.1, 0.15) is 5.69 Å². The highest BCUT2D eigenvalue weighted by molar-refractivity contribution is 6.04. The Morgan fingerprint density at radius 3 is 2.67 bits per heavy atom. The highest BCUT2D eigenvalue weighted by Crippen LogP contribution is 2.34. The third-order valence-electron chi connectivity index (χ3n) is 6.79. The van der Waals surface area contributed by atoms with Gasteiger partial charge in [0.05, 0.1) is 11.8 Å². The highest BCUT2D eigenvalue weighted by atomic mass is 19.4. The first-order valence-electron chi connectivity index (χ1n) is 13.8. The molecule has 0 bridgehead atoms. The van der Waals surface area contributed by atoms with E-state index in [0.29, 0.717) is 30.0 Å². The van der Waals surface area contributed by atoms with Crippen LogP contribution in [0.15, 0.2) is 73.1 Å². The van der Waals surface area contributed by atoms with E-state index in [1.807, 2.05) is 31.7 Å². The molecule has 0 unspecified atom stereocenters. The third kappa shape index (κ3) is 7.86. The number of carbonyl (C=O) groups excluding carboxylic acids is 1. The van der Waals surface area contributed by atoms with Crippen LogP contribution in [0.25, 0.3) is 5.65 Å². The molecule has 0 saturated carbocycles. The Balaban J connectivity index is 1.53. The van der Waals surface area contributed by atoms with E-state index in [9.17, 15) is 18.0 Å². The van der Waals surface area contributed by atoms with Gasteiger partial charge in [0.15, 0.2) is 5.65 Å². The minimum atomic E-state index is -4.56. The average molecular weight is 574 g/mol. The van der Waals surface area contributed by atoms with Crippen LogP contribution in [0.3, 0.4) is 0 Å². The van der Waals surface area contributed by atoms with Gasteiger partial charge in [-0.2, -0.15) is 18.3 Å². The second kappa shape index (κ2) is 13.5. The summed E-state index contributed by atoms with van der Waals surface area (Å²) < 4.78 is 43.9. The van der Waals surface area contributed by atoms with Crippen molar-refractivity contribution in [2.24, 2.45) is 0 Å². The number of nitrogens with one attached hydrogen (secondary N) is 1. The lowest BCUT2D eigenvalue weighted by Crippen LogP contribution is -2.27. The Labute approximate surface area is 244 Å². The number of imidazole rings is 1. The molecule has 0 aliphatic rings. The van der Waals surface area contributed by atoms with Gasteiger partial charge in [-0.3, -0.25) is 9.69 Å². The Bertz CT molecular complexity index is 1640. The van der Waals surface area contributed by atoms with E-state index in [-0.39, 0.29) is 23.4 Å². The Hall–Kier alpha value is -4.42. The van der Waals surface area contributed by atoms with Crippen LogP contribution in [0.1, 0.15) is 71.4 Å². The summed E-state index contributed by atoms with van der Waals surface area (Å²) in [6, 6.07) is 12.6. The van der Waals surface area contributed by atoms with Crippen molar-refractivity contribution in [3.05, 3.63) is 107 Å². The molecular formula is C33H34F3N5O. The largest absolute Gasteiger partial charge is 0.416 e. The van der Waals surface area contributed by atoms with E-state index in [2.05, 4.69) is 33.8 Å². The molecule has 0 atom stereocenters. The number of nitrogens with zero attached hydrogens (tertiary/aromatic N) is 4. The summed E-state index contributed by atoms with van der Waals surface area (Å²) in [4.78, 5) is 19.4. The first-order valence-corrected chi connectivity index (χ1v) is 13.8. The predicted octanol–water partition coefficient (Wildman–Crippen LogP) is 7.28. The summed E-state index contributed by atoms with van der Waals surface area (Å²) in [5, 5.41) is 6.87. The van der Waals surface area contributed by atoms with Gasteiger partial charge in [0, 0.05) is 29.6 Å². The Morgan fingerprint density at radius 2 is 1.93 bits per heavy atom. The smallest absolute Gasteiger partial charge is 0.322 e. The fraction of sp³-hybridized carbons (Fsp3) is 0.303. The zero-order valence-electron chi connectivity index (χ0n) is 24.1. The molecule has 218 valence electrons. The summed E-state index contributed by atoms with van der Waals surface area (Å²) in [6.45, 7) is 11.3. The molecule has 1 amide bonds. The van der Waals surface area contributed by atoms with Crippen molar-refractivity contribution < 1.29 is 18.0 Å². The van der Waals surface area contributed by atoms with Crippen molar-refractivity contribution in [2.75, 3.05) is 18.4 Å². The SMILES string of the molecule is C=C(C)CCCN(CCC)Cc1ccc(NC(=O)c2ccc(C)c(C#Cc3cnc4cccnn34)c2)cc1C(F)(F)F. The lowest BCUT2D eigenvalue weighted by Gasteiger charge is -2.24. The number of aromatic nitrogens is 3. The molecule has 42 heavy (non-hydrogen) atoms. The molecule has 0 radical (unpaired) electrons. The van der Waals surface area contributed by atoms with Crippen LogP contribution in [0.2, 0.25) is 0 Å². The molecule has 0 aliphatic heterocycles. The number of amides is 1. The first-order chi connectivity index (χ1) is 20.0. The molecule has 2 aromatic heterocycles. The van der Waals surface area contributed by atoms with E-state index >= 15 is 0 Å². The van der Waals surface area contributed by atoms with Gasteiger partial charge >= 0.3 is 6.18 Å². The normalized spacial score (nSPS) is 11.4. The van der Waals surface area contributed by atoms with Crippen LogP contribution in [-0.2, 0) is 12.7 Å². The highest BCUT2D eigenvalue weighted by Gasteiger charge is 2.34. The number of alkyl halides is 3. The predicted molar refractivity (Wildman–Crippen MR) is 159 cm³/mol. The second-order valence-electron chi connectivity index (χ2n) is 10.4. The first kappa shape index (κ1) is 30.5. The van der Waals surface area contributed by atoms with Crippen LogP contribution < -0.4 is 5.32 Å². The summed E-state index contributed by atoms with van der Waals surface area (Å²) in [5.41, 5.74) is 3.56. The maximum atomic E-state index is 14.1. The van der Waals surface area contributed by atoms with Crippen molar-refractivity contribution in [1.82, 2.24) is 19.5 Å². The van der Waals surface area contributed by atoms with Crippen LogP contribution in [0.5, 0.6) is 0 Å². The van der Waals surface area contributed by atoms with Crippen molar-refractivity contribution in [1.29, 1.82) is 0 Å². The van der Waals surface area contributed by atoms with Crippen LogP contribution >= 0.6 is 0 Å². The van der Waals surface area contributed by atoms with Gasteiger partial charge in [0.2, 0.25) is 0 Å². The topological polar surface area (TPSA) is 62.5 Å². The molecule has 0 aliphatic carbocycles. The minimum Gasteiger partial charge on any atom is -0.322 e. The Morgan fingerprint density at radius 1 is 1.12 bits per heavy atom. The molecule has 0 spiro atoms. The van der Waals surface area contributed by atoms with E-state index in [1.54, 1.807) is 41.2 Å². The van der Waals surface area contributed by atoms with E-state index in [0.717, 1.165) is 36.5 Å². The molecule has 2 heterocycles. The summed E-state index contributed by atoms with van der Waals surface area (Å²) in [6.07, 6.45) is 1.20. The van der Waals surface area contributed by atoms with Gasteiger partial charge < -0.3 is 5.32 Å². The number of allylic oxidation sites excluding steroid dienone is 1. The van der Waals surface area contributed by atoms with Crippen molar-refractivity contribution in [3.8, 4) is 11.8 Å². The number of rotatable bonds is 10. The molecule has 2 aromatic carbocycles. The molecule has 4 rings (SSSR count).